The minimum absolute atomic E-state index is 0.0825. The first-order chi connectivity index (χ1) is 7.38. The zero-order valence-electron chi connectivity index (χ0n) is 10.0. The minimum atomic E-state index is -0.834. The zero-order chi connectivity index (χ0) is 12.3. The Morgan fingerprint density at radius 1 is 1.50 bits per heavy atom. The fraction of sp³-hybridized carbons (Fsp3) is 0.818. The van der Waals surface area contributed by atoms with Crippen LogP contribution in [-0.4, -0.2) is 35.3 Å². The Bertz CT molecular complexity index is 289. The van der Waals surface area contributed by atoms with Crippen LogP contribution in [0.2, 0.25) is 0 Å². The minimum Gasteiger partial charge on any atom is -0.369 e. The van der Waals surface area contributed by atoms with Crippen molar-refractivity contribution in [3.05, 3.63) is 0 Å². The van der Waals surface area contributed by atoms with E-state index in [0.717, 1.165) is 12.8 Å². The van der Waals surface area contributed by atoms with Crippen molar-refractivity contribution in [3.63, 3.8) is 0 Å². The average Bonchev–Trinajstić information content (AvgIpc) is 2.28. The molecule has 1 fully saturated rings. The lowest BCUT2D eigenvalue weighted by atomic mass is 9.93. The van der Waals surface area contributed by atoms with E-state index in [1.165, 1.54) is 0 Å². The number of nitrogens with two attached hydrogens (primary N) is 2. The SMILES string of the molecule is CCC(C)(N)C(=O)N1CCCC(C(N)=O)C1. The summed E-state index contributed by atoms with van der Waals surface area (Å²) in [6.45, 7) is 4.70. The maximum atomic E-state index is 12.1. The van der Waals surface area contributed by atoms with Crippen LogP contribution in [0.5, 0.6) is 0 Å². The summed E-state index contributed by atoms with van der Waals surface area (Å²) in [5.74, 6) is -0.626. The van der Waals surface area contributed by atoms with Gasteiger partial charge in [0.2, 0.25) is 11.8 Å². The van der Waals surface area contributed by atoms with Crippen molar-refractivity contribution in [1.29, 1.82) is 0 Å². The molecular formula is C11H21N3O2. The van der Waals surface area contributed by atoms with Crippen molar-refractivity contribution in [2.24, 2.45) is 17.4 Å². The predicted molar refractivity (Wildman–Crippen MR) is 61.4 cm³/mol. The first-order valence-electron chi connectivity index (χ1n) is 5.76. The van der Waals surface area contributed by atoms with Crippen LogP contribution in [-0.2, 0) is 9.59 Å². The third-order valence-electron chi connectivity index (χ3n) is 3.33. The fourth-order valence-electron chi connectivity index (χ4n) is 1.91. The van der Waals surface area contributed by atoms with E-state index < -0.39 is 5.54 Å². The molecule has 0 radical (unpaired) electrons. The van der Waals surface area contributed by atoms with E-state index in [0.29, 0.717) is 19.5 Å². The van der Waals surface area contributed by atoms with Gasteiger partial charge in [0.15, 0.2) is 0 Å². The quantitative estimate of drug-likeness (QED) is 0.702. The Labute approximate surface area is 96.1 Å². The van der Waals surface area contributed by atoms with Gasteiger partial charge in [-0.1, -0.05) is 6.92 Å². The Morgan fingerprint density at radius 3 is 2.62 bits per heavy atom. The molecule has 2 atom stereocenters. The van der Waals surface area contributed by atoms with Gasteiger partial charge in [0, 0.05) is 13.1 Å². The van der Waals surface area contributed by atoms with Gasteiger partial charge in [-0.2, -0.15) is 0 Å². The number of likely N-dealkylation sites (tertiary alicyclic amines) is 1. The van der Waals surface area contributed by atoms with Crippen LogP contribution in [0.3, 0.4) is 0 Å². The number of nitrogens with zero attached hydrogens (tertiary/aromatic N) is 1. The molecule has 0 aromatic rings. The number of hydrogen-bond donors (Lipinski definition) is 2. The van der Waals surface area contributed by atoms with Gasteiger partial charge >= 0.3 is 0 Å². The molecule has 2 amide bonds. The Balaban J connectivity index is 2.67. The second kappa shape index (κ2) is 4.82. The first-order valence-corrected chi connectivity index (χ1v) is 5.76. The molecular weight excluding hydrogens is 206 g/mol. The van der Waals surface area contributed by atoms with Crippen LogP contribution in [0.15, 0.2) is 0 Å². The van der Waals surface area contributed by atoms with Crippen molar-refractivity contribution < 1.29 is 9.59 Å². The van der Waals surface area contributed by atoms with Gasteiger partial charge in [-0.05, 0) is 26.2 Å². The van der Waals surface area contributed by atoms with E-state index in [1.807, 2.05) is 6.92 Å². The highest BCUT2D eigenvalue weighted by Gasteiger charge is 2.34. The summed E-state index contributed by atoms with van der Waals surface area (Å²) in [6.07, 6.45) is 2.18. The maximum absolute atomic E-state index is 12.1. The van der Waals surface area contributed by atoms with Crippen molar-refractivity contribution >= 4 is 11.8 Å². The van der Waals surface area contributed by atoms with Gasteiger partial charge in [0.05, 0.1) is 11.5 Å². The Hall–Kier alpha value is -1.10. The van der Waals surface area contributed by atoms with E-state index in [2.05, 4.69) is 0 Å². The number of rotatable bonds is 3. The summed E-state index contributed by atoms with van der Waals surface area (Å²) < 4.78 is 0. The van der Waals surface area contributed by atoms with E-state index in [1.54, 1.807) is 11.8 Å². The number of carbonyl (C=O) groups excluding carboxylic acids is 2. The zero-order valence-corrected chi connectivity index (χ0v) is 10.0. The number of piperidine rings is 1. The molecule has 0 aromatic carbocycles. The van der Waals surface area contributed by atoms with Crippen molar-refractivity contribution in [2.75, 3.05) is 13.1 Å². The number of primary amides is 1. The van der Waals surface area contributed by atoms with Gasteiger partial charge in [-0.15, -0.1) is 0 Å². The second-order valence-electron chi connectivity index (χ2n) is 4.76. The molecule has 5 nitrogen and oxygen atoms in total. The molecule has 1 aliphatic heterocycles. The van der Waals surface area contributed by atoms with E-state index >= 15 is 0 Å². The third kappa shape index (κ3) is 2.72. The summed E-state index contributed by atoms with van der Waals surface area (Å²) >= 11 is 0. The Kier molecular flexibility index (Phi) is 3.91. The lowest BCUT2D eigenvalue weighted by Gasteiger charge is -2.36. The monoisotopic (exact) mass is 227 g/mol. The van der Waals surface area contributed by atoms with Crippen LogP contribution in [0, 0.1) is 5.92 Å². The Morgan fingerprint density at radius 2 is 2.12 bits per heavy atom. The predicted octanol–water partition coefficient (Wildman–Crippen LogP) is -0.162. The van der Waals surface area contributed by atoms with Gasteiger partial charge in [0.1, 0.15) is 0 Å². The highest BCUT2D eigenvalue weighted by atomic mass is 16.2. The molecule has 0 aliphatic carbocycles. The molecule has 0 aromatic heterocycles. The molecule has 1 heterocycles. The standard InChI is InChI=1S/C11H21N3O2/c1-3-11(2,13)10(16)14-6-4-5-8(7-14)9(12)15/h8H,3-7,13H2,1-2H3,(H2,12,15). The fourth-order valence-corrected chi connectivity index (χ4v) is 1.91. The first kappa shape index (κ1) is 13.0. The topological polar surface area (TPSA) is 89.4 Å². The number of carbonyl (C=O) groups is 2. The average molecular weight is 227 g/mol. The summed E-state index contributed by atoms with van der Waals surface area (Å²) in [7, 11) is 0. The second-order valence-corrected chi connectivity index (χ2v) is 4.76. The summed E-state index contributed by atoms with van der Waals surface area (Å²) in [6, 6.07) is 0. The maximum Gasteiger partial charge on any atom is 0.242 e. The van der Waals surface area contributed by atoms with Crippen LogP contribution in [0.1, 0.15) is 33.1 Å². The molecule has 0 spiro atoms. The van der Waals surface area contributed by atoms with Crippen LogP contribution < -0.4 is 11.5 Å². The molecule has 0 saturated carbocycles. The van der Waals surface area contributed by atoms with E-state index in [-0.39, 0.29) is 17.7 Å². The van der Waals surface area contributed by atoms with Crippen molar-refractivity contribution in [3.8, 4) is 0 Å². The normalized spacial score (nSPS) is 24.9. The molecule has 5 heteroatoms. The van der Waals surface area contributed by atoms with E-state index in [4.69, 9.17) is 11.5 Å². The lowest BCUT2D eigenvalue weighted by molar-refractivity contribution is -0.139. The van der Waals surface area contributed by atoms with Gasteiger partial charge in [0.25, 0.3) is 0 Å². The summed E-state index contributed by atoms with van der Waals surface area (Å²) in [5.41, 5.74) is 10.3. The largest absolute Gasteiger partial charge is 0.369 e. The molecule has 0 bridgehead atoms. The van der Waals surface area contributed by atoms with Crippen LogP contribution in [0.25, 0.3) is 0 Å². The van der Waals surface area contributed by atoms with Crippen molar-refractivity contribution in [1.82, 2.24) is 4.90 Å². The molecule has 1 aliphatic rings. The molecule has 1 rings (SSSR count). The third-order valence-corrected chi connectivity index (χ3v) is 3.33. The molecule has 2 unspecified atom stereocenters. The van der Waals surface area contributed by atoms with Gasteiger partial charge < -0.3 is 16.4 Å². The number of hydrogen-bond acceptors (Lipinski definition) is 3. The summed E-state index contributed by atoms with van der Waals surface area (Å²) in [4.78, 5) is 24.8. The van der Waals surface area contributed by atoms with Crippen LogP contribution >= 0.6 is 0 Å². The van der Waals surface area contributed by atoms with E-state index in [9.17, 15) is 9.59 Å². The van der Waals surface area contributed by atoms with Gasteiger partial charge in [-0.25, -0.2) is 0 Å². The molecule has 1 saturated heterocycles. The molecule has 4 N–H and O–H groups in total. The molecule has 16 heavy (non-hydrogen) atoms. The highest BCUT2D eigenvalue weighted by molar-refractivity contribution is 5.86. The van der Waals surface area contributed by atoms with Gasteiger partial charge in [-0.3, -0.25) is 9.59 Å². The smallest absolute Gasteiger partial charge is 0.242 e. The summed E-state index contributed by atoms with van der Waals surface area (Å²) in [5, 5.41) is 0. The van der Waals surface area contributed by atoms with Crippen LogP contribution in [0.4, 0.5) is 0 Å². The lowest BCUT2D eigenvalue weighted by Crippen LogP contribution is -2.56. The highest BCUT2D eigenvalue weighted by Crippen LogP contribution is 2.19. The number of amides is 2. The molecule has 92 valence electrons. The van der Waals surface area contributed by atoms with Crippen molar-refractivity contribution in [2.45, 2.75) is 38.6 Å².